The van der Waals surface area contributed by atoms with Gasteiger partial charge in [-0.1, -0.05) is 19.4 Å². The molecule has 0 spiro atoms. The number of hydrogen-bond acceptors (Lipinski definition) is 7. The average Bonchev–Trinajstić information content (AvgIpc) is 3.00. The second-order valence-corrected chi connectivity index (χ2v) is 5.91. The Morgan fingerprint density at radius 3 is 2.57 bits per heavy atom. The Kier molecular flexibility index (Phi) is 5.32. The molecule has 21 heavy (non-hydrogen) atoms. The summed E-state index contributed by atoms with van der Waals surface area (Å²) in [5.74, 6) is 1.81. The Balaban J connectivity index is 2.25. The lowest BCUT2D eigenvalue weighted by atomic mass is 10.1. The second kappa shape index (κ2) is 7.21. The minimum absolute atomic E-state index is 0.233. The van der Waals surface area contributed by atoms with Crippen LogP contribution in [0.5, 0.6) is 0 Å². The Morgan fingerprint density at radius 1 is 1.24 bits per heavy atom. The molecule has 0 aromatic carbocycles. The fourth-order valence-corrected chi connectivity index (χ4v) is 2.77. The Hall–Kier alpha value is -1.89. The van der Waals surface area contributed by atoms with Crippen molar-refractivity contribution in [2.45, 2.75) is 25.8 Å². The van der Waals surface area contributed by atoms with E-state index in [1.165, 1.54) is 4.88 Å². The average molecular weight is 306 g/mol. The van der Waals surface area contributed by atoms with Crippen molar-refractivity contribution in [1.82, 2.24) is 15.0 Å². The maximum Gasteiger partial charge on any atom is 0.231 e. The molecule has 0 saturated heterocycles. The van der Waals surface area contributed by atoms with Gasteiger partial charge < -0.3 is 15.5 Å². The van der Waals surface area contributed by atoms with E-state index in [4.69, 9.17) is 0 Å². The highest BCUT2D eigenvalue weighted by Gasteiger charge is 2.15. The highest BCUT2D eigenvalue weighted by molar-refractivity contribution is 7.10. The largest absolute Gasteiger partial charge is 0.357 e. The first kappa shape index (κ1) is 15.5. The van der Waals surface area contributed by atoms with Gasteiger partial charge in [-0.2, -0.15) is 15.0 Å². The van der Waals surface area contributed by atoms with Gasteiger partial charge in [-0.3, -0.25) is 0 Å². The molecule has 0 saturated carbocycles. The van der Waals surface area contributed by atoms with Gasteiger partial charge in [0.2, 0.25) is 17.8 Å². The topological polar surface area (TPSA) is 66.0 Å². The summed E-state index contributed by atoms with van der Waals surface area (Å²) in [5.41, 5.74) is 0. The minimum Gasteiger partial charge on any atom is -0.357 e. The lowest BCUT2D eigenvalue weighted by Crippen LogP contribution is -2.18. The van der Waals surface area contributed by atoms with Crippen LogP contribution in [0.25, 0.3) is 0 Å². The molecule has 0 aliphatic rings. The molecular weight excluding hydrogens is 284 g/mol. The maximum absolute atomic E-state index is 4.47. The zero-order valence-corrected chi connectivity index (χ0v) is 13.7. The summed E-state index contributed by atoms with van der Waals surface area (Å²) in [4.78, 5) is 16.4. The summed E-state index contributed by atoms with van der Waals surface area (Å²) in [5, 5.41) is 8.50. The highest BCUT2D eigenvalue weighted by Crippen LogP contribution is 2.26. The van der Waals surface area contributed by atoms with Crippen LogP contribution >= 0.6 is 11.3 Å². The van der Waals surface area contributed by atoms with Crippen LogP contribution in [0.3, 0.4) is 0 Å². The van der Waals surface area contributed by atoms with Crippen LogP contribution in [-0.2, 0) is 0 Å². The van der Waals surface area contributed by atoms with Crippen molar-refractivity contribution >= 4 is 29.2 Å². The number of anilines is 3. The molecular formula is C14H22N6S. The molecule has 6 nitrogen and oxygen atoms in total. The number of hydrogen-bond donors (Lipinski definition) is 2. The minimum atomic E-state index is 0.233. The third-order valence-corrected chi connectivity index (χ3v) is 4.00. The summed E-state index contributed by atoms with van der Waals surface area (Å²) < 4.78 is 0. The van der Waals surface area contributed by atoms with E-state index in [9.17, 15) is 0 Å². The van der Waals surface area contributed by atoms with Gasteiger partial charge >= 0.3 is 0 Å². The zero-order chi connectivity index (χ0) is 15.2. The van der Waals surface area contributed by atoms with Crippen molar-refractivity contribution in [2.24, 2.45) is 0 Å². The third kappa shape index (κ3) is 4.04. The summed E-state index contributed by atoms with van der Waals surface area (Å²) in [6, 6.07) is 4.45. The van der Waals surface area contributed by atoms with E-state index >= 15 is 0 Å². The van der Waals surface area contributed by atoms with E-state index in [2.05, 4.69) is 50.0 Å². The number of aromatic nitrogens is 3. The number of rotatable bonds is 7. The standard InChI is InChI=1S/C14H22N6S/c1-5-7-10(11-8-6-9-21-11)16-13-17-12(15-2)18-14(19-13)20(3)4/h6,8-10H,5,7H2,1-4H3,(H2,15,16,17,18,19). The van der Waals surface area contributed by atoms with E-state index in [1.54, 1.807) is 18.4 Å². The fourth-order valence-electron chi connectivity index (χ4n) is 1.96. The lowest BCUT2D eigenvalue weighted by Gasteiger charge is -2.18. The molecule has 0 fully saturated rings. The van der Waals surface area contributed by atoms with Crippen LogP contribution in [0.1, 0.15) is 30.7 Å². The predicted octanol–water partition coefficient (Wildman–Crippen LogP) is 2.99. The van der Waals surface area contributed by atoms with Crippen molar-refractivity contribution < 1.29 is 0 Å². The van der Waals surface area contributed by atoms with Gasteiger partial charge in [-0.05, 0) is 17.9 Å². The first-order chi connectivity index (χ1) is 10.1. The van der Waals surface area contributed by atoms with E-state index in [1.807, 2.05) is 19.0 Å². The van der Waals surface area contributed by atoms with E-state index in [0.29, 0.717) is 17.8 Å². The maximum atomic E-state index is 4.47. The third-order valence-electron chi connectivity index (χ3n) is 3.01. The SMILES string of the molecule is CCCC(Nc1nc(NC)nc(N(C)C)n1)c1cccs1. The van der Waals surface area contributed by atoms with Crippen molar-refractivity contribution in [3.05, 3.63) is 22.4 Å². The van der Waals surface area contributed by atoms with Crippen LogP contribution in [0.15, 0.2) is 17.5 Å². The molecule has 0 radical (unpaired) electrons. The molecule has 0 aliphatic carbocycles. The highest BCUT2D eigenvalue weighted by atomic mass is 32.1. The van der Waals surface area contributed by atoms with Gasteiger partial charge in [0.15, 0.2) is 0 Å². The molecule has 1 atom stereocenters. The quantitative estimate of drug-likeness (QED) is 0.820. The Morgan fingerprint density at radius 2 is 2.00 bits per heavy atom. The van der Waals surface area contributed by atoms with Gasteiger partial charge in [-0.25, -0.2) is 0 Å². The van der Waals surface area contributed by atoms with E-state index in [-0.39, 0.29) is 6.04 Å². The number of nitrogens with one attached hydrogen (secondary N) is 2. The predicted molar refractivity (Wildman–Crippen MR) is 89.3 cm³/mol. The van der Waals surface area contributed by atoms with Gasteiger partial charge in [0.1, 0.15) is 0 Å². The zero-order valence-electron chi connectivity index (χ0n) is 12.9. The molecule has 1 unspecified atom stereocenters. The molecule has 7 heteroatoms. The van der Waals surface area contributed by atoms with Crippen molar-refractivity contribution in [2.75, 3.05) is 36.7 Å². The molecule has 2 aromatic rings. The molecule has 2 heterocycles. The van der Waals surface area contributed by atoms with Crippen LogP contribution < -0.4 is 15.5 Å². The van der Waals surface area contributed by atoms with Gasteiger partial charge in [0.25, 0.3) is 0 Å². The van der Waals surface area contributed by atoms with Gasteiger partial charge in [-0.15, -0.1) is 11.3 Å². The van der Waals surface area contributed by atoms with Crippen LogP contribution in [-0.4, -0.2) is 36.1 Å². The van der Waals surface area contributed by atoms with E-state index in [0.717, 1.165) is 12.8 Å². The van der Waals surface area contributed by atoms with Gasteiger partial charge in [0.05, 0.1) is 6.04 Å². The molecule has 2 rings (SSSR count). The fraction of sp³-hybridized carbons (Fsp3) is 0.500. The van der Waals surface area contributed by atoms with E-state index < -0.39 is 0 Å². The smallest absolute Gasteiger partial charge is 0.231 e. The second-order valence-electron chi connectivity index (χ2n) is 4.93. The van der Waals surface area contributed by atoms with Gasteiger partial charge in [0, 0.05) is 26.0 Å². The van der Waals surface area contributed by atoms with Crippen LogP contribution in [0.4, 0.5) is 17.8 Å². The molecule has 2 N–H and O–H groups in total. The van der Waals surface area contributed by atoms with Crippen molar-refractivity contribution in [3.63, 3.8) is 0 Å². The first-order valence-electron chi connectivity index (χ1n) is 7.05. The summed E-state index contributed by atoms with van der Waals surface area (Å²) in [6.07, 6.45) is 2.14. The Labute approximate surface area is 129 Å². The summed E-state index contributed by atoms with van der Waals surface area (Å²) >= 11 is 1.75. The lowest BCUT2D eigenvalue weighted by molar-refractivity contribution is 0.680. The molecule has 0 aliphatic heterocycles. The molecule has 0 amide bonds. The van der Waals surface area contributed by atoms with Crippen molar-refractivity contribution in [3.8, 4) is 0 Å². The van der Waals surface area contributed by atoms with Crippen LogP contribution in [0, 0.1) is 0 Å². The summed E-state index contributed by atoms with van der Waals surface area (Å²) in [6.45, 7) is 2.18. The molecule has 2 aromatic heterocycles. The Bertz CT molecular complexity index is 555. The van der Waals surface area contributed by atoms with Crippen molar-refractivity contribution in [1.29, 1.82) is 0 Å². The van der Waals surface area contributed by atoms with Crippen LogP contribution in [0.2, 0.25) is 0 Å². The number of nitrogens with zero attached hydrogens (tertiary/aromatic N) is 4. The number of thiophene rings is 1. The molecule has 0 bridgehead atoms. The first-order valence-corrected chi connectivity index (χ1v) is 7.93. The normalized spacial score (nSPS) is 12.0. The monoisotopic (exact) mass is 306 g/mol. The summed E-state index contributed by atoms with van der Waals surface area (Å²) in [7, 11) is 5.64. The molecule has 114 valence electrons.